The lowest BCUT2D eigenvalue weighted by Gasteiger charge is -2.29. The van der Waals surface area contributed by atoms with Gasteiger partial charge in [-0.15, -0.1) is 0 Å². The lowest BCUT2D eigenvalue weighted by molar-refractivity contribution is -0.121. The van der Waals surface area contributed by atoms with Crippen molar-refractivity contribution in [3.05, 3.63) is 0 Å². The standard InChI is InChI=1S/C11H20O2/c1-11(2,8-12)7-9-3-5-10(13)6-4-9/h9,12H,3-8H2,1-2H3. The fourth-order valence-electron chi connectivity index (χ4n) is 2.05. The minimum atomic E-state index is 0.0328. The molecular weight excluding hydrogens is 164 g/mol. The molecule has 0 atom stereocenters. The Hall–Kier alpha value is -0.370. The third-order valence-corrected chi connectivity index (χ3v) is 2.93. The van der Waals surface area contributed by atoms with Crippen LogP contribution >= 0.6 is 0 Å². The number of carbonyl (C=O) groups excluding carboxylic acids is 1. The van der Waals surface area contributed by atoms with Crippen LogP contribution in [-0.4, -0.2) is 17.5 Å². The molecule has 1 rings (SSSR count). The molecule has 76 valence electrons. The van der Waals surface area contributed by atoms with Gasteiger partial charge in [0.2, 0.25) is 0 Å². The first-order chi connectivity index (χ1) is 6.03. The molecule has 1 saturated carbocycles. The number of aliphatic hydroxyl groups is 1. The van der Waals surface area contributed by atoms with Gasteiger partial charge in [-0.2, -0.15) is 0 Å². The number of Topliss-reactive ketones (excluding diaryl/α,β-unsaturated/α-hetero) is 1. The van der Waals surface area contributed by atoms with Gasteiger partial charge in [0.1, 0.15) is 5.78 Å². The highest BCUT2D eigenvalue weighted by molar-refractivity contribution is 5.78. The van der Waals surface area contributed by atoms with Crippen LogP contribution in [0.4, 0.5) is 0 Å². The molecular formula is C11H20O2. The van der Waals surface area contributed by atoms with Gasteiger partial charge in [-0.1, -0.05) is 13.8 Å². The lowest BCUT2D eigenvalue weighted by Crippen LogP contribution is -2.24. The van der Waals surface area contributed by atoms with E-state index in [2.05, 4.69) is 13.8 Å². The monoisotopic (exact) mass is 184 g/mol. The SMILES string of the molecule is CC(C)(CO)CC1CCC(=O)CC1. The number of ketones is 1. The molecule has 0 aromatic carbocycles. The molecule has 0 spiro atoms. The van der Waals surface area contributed by atoms with E-state index in [0.29, 0.717) is 11.7 Å². The van der Waals surface area contributed by atoms with Crippen LogP contribution in [0.25, 0.3) is 0 Å². The molecule has 1 N–H and O–H groups in total. The van der Waals surface area contributed by atoms with Gasteiger partial charge in [-0.3, -0.25) is 4.79 Å². The van der Waals surface area contributed by atoms with Gasteiger partial charge in [0, 0.05) is 19.4 Å². The molecule has 1 fully saturated rings. The molecule has 0 radical (unpaired) electrons. The highest BCUT2D eigenvalue weighted by Gasteiger charge is 2.25. The van der Waals surface area contributed by atoms with Crippen LogP contribution in [0, 0.1) is 11.3 Å². The second-order valence-electron chi connectivity index (χ2n) is 5.01. The van der Waals surface area contributed by atoms with Gasteiger partial charge in [-0.05, 0) is 30.6 Å². The van der Waals surface area contributed by atoms with Crippen LogP contribution < -0.4 is 0 Å². The average Bonchev–Trinajstić information content (AvgIpc) is 2.09. The van der Waals surface area contributed by atoms with Gasteiger partial charge in [0.05, 0.1) is 0 Å². The largest absolute Gasteiger partial charge is 0.396 e. The third-order valence-electron chi connectivity index (χ3n) is 2.93. The smallest absolute Gasteiger partial charge is 0.132 e. The third kappa shape index (κ3) is 3.47. The van der Waals surface area contributed by atoms with E-state index < -0.39 is 0 Å². The summed E-state index contributed by atoms with van der Waals surface area (Å²) >= 11 is 0. The van der Waals surface area contributed by atoms with Crippen LogP contribution in [0.15, 0.2) is 0 Å². The Morgan fingerprint density at radius 2 is 1.92 bits per heavy atom. The van der Waals surface area contributed by atoms with Crippen molar-refractivity contribution in [3.63, 3.8) is 0 Å². The molecule has 0 amide bonds. The maximum atomic E-state index is 11.0. The normalized spacial score (nSPS) is 20.7. The molecule has 0 bridgehead atoms. The van der Waals surface area contributed by atoms with E-state index in [1.807, 2.05) is 0 Å². The Bertz CT molecular complexity index is 175. The predicted octanol–water partition coefficient (Wildman–Crippen LogP) is 2.15. The van der Waals surface area contributed by atoms with Gasteiger partial charge < -0.3 is 5.11 Å². The molecule has 1 aliphatic carbocycles. The molecule has 0 unspecified atom stereocenters. The Balaban J connectivity index is 2.34. The summed E-state index contributed by atoms with van der Waals surface area (Å²) in [4.78, 5) is 11.0. The number of aliphatic hydroxyl groups excluding tert-OH is 1. The van der Waals surface area contributed by atoms with Crippen molar-refractivity contribution in [1.82, 2.24) is 0 Å². The number of rotatable bonds is 3. The van der Waals surface area contributed by atoms with E-state index in [0.717, 1.165) is 32.1 Å². The molecule has 1 aliphatic rings. The van der Waals surface area contributed by atoms with Gasteiger partial charge in [0.25, 0.3) is 0 Å². The van der Waals surface area contributed by atoms with Crippen LogP contribution in [-0.2, 0) is 4.79 Å². The Labute approximate surface area is 80.3 Å². The summed E-state index contributed by atoms with van der Waals surface area (Å²) in [6.07, 6.45) is 4.62. The van der Waals surface area contributed by atoms with Gasteiger partial charge in [0.15, 0.2) is 0 Å². The number of hydrogen-bond donors (Lipinski definition) is 1. The summed E-state index contributed by atoms with van der Waals surface area (Å²) in [5.41, 5.74) is 0.0328. The average molecular weight is 184 g/mol. The maximum Gasteiger partial charge on any atom is 0.132 e. The molecule has 0 aliphatic heterocycles. The second kappa shape index (κ2) is 4.23. The summed E-state index contributed by atoms with van der Waals surface area (Å²) in [6, 6.07) is 0. The van der Waals surface area contributed by atoms with Crippen molar-refractivity contribution in [1.29, 1.82) is 0 Å². The van der Waals surface area contributed by atoms with Crippen molar-refractivity contribution >= 4 is 5.78 Å². The van der Waals surface area contributed by atoms with Crippen molar-refractivity contribution < 1.29 is 9.90 Å². The van der Waals surface area contributed by atoms with Crippen molar-refractivity contribution in [3.8, 4) is 0 Å². The molecule has 13 heavy (non-hydrogen) atoms. The fraction of sp³-hybridized carbons (Fsp3) is 0.909. The highest BCUT2D eigenvalue weighted by Crippen LogP contribution is 2.32. The van der Waals surface area contributed by atoms with E-state index in [4.69, 9.17) is 5.11 Å². The summed E-state index contributed by atoms with van der Waals surface area (Å²) in [5.74, 6) is 1.07. The summed E-state index contributed by atoms with van der Waals surface area (Å²) in [5, 5.41) is 9.11. The van der Waals surface area contributed by atoms with Gasteiger partial charge in [-0.25, -0.2) is 0 Å². The summed E-state index contributed by atoms with van der Waals surface area (Å²) in [7, 11) is 0. The summed E-state index contributed by atoms with van der Waals surface area (Å²) < 4.78 is 0. The molecule has 0 aromatic rings. The van der Waals surface area contributed by atoms with Crippen LogP contribution in [0.1, 0.15) is 46.0 Å². The molecule has 0 saturated heterocycles. The van der Waals surface area contributed by atoms with E-state index >= 15 is 0 Å². The summed E-state index contributed by atoms with van der Waals surface area (Å²) in [6.45, 7) is 4.42. The molecule has 2 nitrogen and oxygen atoms in total. The van der Waals surface area contributed by atoms with Crippen LogP contribution in [0.2, 0.25) is 0 Å². The molecule has 0 aromatic heterocycles. The molecule has 2 heteroatoms. The van der Waals surface area contributed by atoms with E-state index in [1.54, 1.807) is 0 Å². The minimum Gasteiger partial charge on any atom is -0.396 e. The van der Waals surface area contributed by atoms with E-state index in [1.165, 1.54) is 0 Å². The Kier molecular flexibility index (Phi) is 3.48. The fourth-order valence-corrected chi connectivity index (χ4v) is 2.05. The lowest BCUT2D eigenvalue weighted by atomic mass is 9.77. The minimum absolute atomic E-state index is 0.0328. The van der Waals surface area contributed by atoms with E-state index in [-0.39, 0.29) is 12.0 Å². The van der Waals surface area contributed by atoms with Crippen LogP contribution in [0.5, 0.6) is 0 Å². The first-order valence-electron chi connectivity index (χ1n) is 5.16. The zero-order valence-corrected chi connectivity index (χ0v) is 8.68. The van der Waals surface area contributed by atoms with Crippen LogP contribution in [0.3, 0.4) is 0 Å². The zero-order valence-electron chi connectivity index (χ0n) is 8.68. The second-order valence-corrected chi connectivity index (χ2v) is 5.01. The zero-order chi connectivity index (χ0) is 9.90. The maximum absolute atomic E-state index is 11.0. The number of hydrogen-bond acceptors (Lipinski definition) is 2. The number of carbonyl (C=O) groups is 1. The van der Waals surface area contributed by atoms with E-state index in [9.17, 15) is 4.79 Å². The Morgan fingerprint density at radius 3 is 2.38 bits per heavy atom. The predicted molar refractivity (Wildman–Crippen MR) is 52.4 cm³/mol. The van der Waals surface area contributed by atoms with Crippen molar-refractivity contribution in [2.24, 2.45) is 11.3 Å². The van der Waals surface area contributed by atoms with Crippen molar-refractivity contribution in [2.75, 3.05) is 6.61 Å². The topological polar surface area (TPSA) is 37.3 Å². The van der Waals surface area contributed by atoms with Gasteiger partial charge >= 0.3 is 0 Å². The molecule has 0 heterocycles. The first-order valence-corrected chi connectivity index (χ1v) is 5.16. The quantitative estimate of drug-likeness (QED) is 0.729. The first kappa shape index (κ1) is 10.7. The van der Waals surface area contributed by atoms with Crippen molar-refractivity contribution in [2.45, 2.75) is 46.0 Å². The highest BCUT2D eigenvalue weighted by atomic mass is 16.3. The Morgan fingerprint density at radius 1 is 1.38 bits per heavy atom.